The van der Waals surface area contributed by atoms with Crippen molar-refractivity contribution in [3.63, 3.8) is 0 Å². The van der Waals surface area contributed by atoms with Crippen LogP contribution in [0, 0.1) is 11.3 Å². The number of ether oxygens (including phenoxy) is 2. The maximum absolute atomic E-state index is 11.5. The third-order valence-corrected chi connectivity index (χ3v) is 2.56. The van der Waals surface area contributed by atoms with Crippen molar-refractivity contribution in [1.82, 2.24) is 0 Å². The summed E-state index contributed by atoms with van der Waals surface area (Å²) in [5.41, 5.74) is 0.795. The van der Waals surface area contributed by atoms with Crippen molar-refractivity contribution in [2.24, 2.45) is 0 Å². The molecule has 0 spiro atoms. The lowest BCUT2D eigenvalue weighted by atomic mass is 10.2. The van der Waals surface area contributed by atoms with Crippen LogP contribution in [0.15, 0.2) is 24.3 Å². The number of esters is 1. The van der Waals surface area contributed by atoms with Crippen molar-refractivity contribution < 1.29 is 14.3 Å². The summed E-state index contributed by atoms with van der Waals surface area (Å²) in [6, 6.07) is 9.03. The number of nitrogens with zero attached hydrogens (tertiary/aromatic N) is 1. The quantitative estimate of drug-likeness (QED) is 0.584. The molecule has 0 aromatic heterocycles. The maximum atomic E-state index is 11.5. The van der Waals surface area contributed by atoms with Crippen LogP contribution in [0.25, 0.3) is 0 Å². The number of carbonyl (C=O) groups excluding carboxylic acids is 1. The van der Waals surface area contributed by atoms with Crippen LogP contribution < -0.4 is 10.1 Å². The SMILES string of the molecule is CCOC(=O)[C@H](C)Nc1cccc(OCCCC#N)c1. The van der Waals surface area contributed by atoms with E-state index in [9.17, 15) is 4.79 Å². The molecule has 1 rings (SSSR count). The predicted molar refractivity (Wildman–Crippen MR) is 76.5 cm³/mol. The van der Waals surface area contributed by atoms with E-state index < -0.39 is 6.04 Å². The van der Waals surface area contributed by atoms with Gasteiger partial charge in [0.2, 0.25) is 0 Å². The zero-order chi connectivity index (χ0) is 14.8. The van der Waals surface area contributed by atoms with Gasteiger partial charge in [-0.3, -0.25) is 0 Å². The van der Waals surface area contributed by atoms with E-state index >= 15 is 0 Å². The Kier molecular flexibility index (Phi) is 6.97. The molecule has 1 N–H and O–H groups in total. The fourth-order valence-electron chi connectivity index (χ4n) is 1.59. The monoisotopic (exact) mass is 276 g/mol. The van der Waals surface area contributed by atoms with Crippen molar-refractivity contribution in [3.8, 4) is 11.8 Å². The van der Waals surface area contributed by atoms with Gasteiger partial charge in [-0.25, -0.2) is 4.79 Å². The number of hydrogen-bond donors (Lipinski definition) is 1. The summed E-state index contributed by atoms with van der Waals surface area (Å²) in [5.74, 6) is 0.428. The van der Waals surface area contributed by atoms with Crippen LogP contribution >= 0.6 is 0 Å². The van der Waals surface area contributed by atoms with Gasteiger partial charge < -0.3 is 14.8 Å². The van der Waals surface area contributed by atoms with E-state index in [1.165, 1.54) is 0 Å². The van der Waals surface area contributed by atoms with E-state index in [4.69, 9.17) is 14.7 Å². The highest BCUT2D eigenvalue weighted by Gasteiger charge is 2.13. The Labute approximate surface area is 119 Å². The zero-order valence-corrected chi connectivity index (χ0v) is 11.9. The number of benzene rings is 1. The Hall–Kier alpha value is -2.22. The number of hydrogen-bond acceptors (Lipinski definition) is 5. The lowest BCUT2D eigenvalue weighted by Gasteiger charge is -2.14. The van der Waals surface area contributed by atoms with Crippen LogP contribution in [0.3, 0.4) is 0 Å². The van der Waals surface area contributed by atoms with Gasteiger partial charge >= 0.3 is 5.97 Å². The second kappa shape index (κ2) is 8.81. The first-order valence-corrected chi connectivity index (χ1v) is 6.70. The predicted octanol–water partition coefficient (Wildman–Crippen LogP) is 2.73. The summed E-state index contributed by atoms with van der Waals surface area (Å²) in [6.45, 7) is 4.40. The average Bonchev–Trinajstić information content (AvgIpc) is 2.44. The van der Waals surface area contributed by atoms with Gasteiger partial charge in [-0.05, 0) is 32.4 Å². The van der Waals surface area contributed by atoms with Crippen molar-refractivity contribution in [2.45, 2.75) is 32.7 Å². The molecular formula is C15H20N2O3. The molecule has 0 amide bonds. The van der Waals surface area contributed by atoms with E-state index in [1.807, 2.05) is 24.3 Å². The van der Waals surface area contributed by atoms with Crippen molar-refractivity contribution in [3.05, 3.63) is 24.3 Å². The van der Waals surface area contributed by atoms with Crippen LogP contribution in [0.2, 0.25) is 0 Å². The van der Waals surface area contributed by atoms with Crippen molar-refractivity contribution in [1.29, 1.82) is 5.26 Å². The van der Waals surface area contributed by atoms with E-state index in [0.717, 1.165) is 5.69 Å². The minimum absolute atomic E-state index is 0.284. The van der Waals surface area contributed by atoms with Crippen molar-refractivity contribution >= 4 is 11.7 Å². The highest BCUT2D eigenvalue weighted by molar-refractivity contribution is 5.78. The van der Waals surface area contributed by atoms with Crippen LogP contribution in [-0.4, -0.2) is 25.2 Å². The fourth-order valence-corrected chi connectivity index (χ4v) is 1.59. The molecule has 5 heteroatoms. The number of unbranched alkanes of at least 4 members (excludes halogenated alkanes) is 1. The van der Waals surface area contributed by atoms with E-state index in [-0.39, 0.29) is 5.97 Å². The normalized spacial score (nSPS) is 11.2. The van der Waals surface area contributed by atoms with Crippen LogP contribution in [0.4, 0.5) is 5.69 Å². The first-order chi connectivity index (χ1) is 9.67. The second-order valence-corrected chi connectivity index (χ2v) is 4.26. The molecule has 0 heterocycles. The van der Waals surface area contributed by atoms with Crippen LogP contribution in [0.1, 0.15) is 26.7 Å². The molecule has 1 atom stereocenters. The summed E-state index contributed by atoms with van der Waals surface area (Å²) >= 11 is 0. The summed E-state index contributed by atoms with van der Waals surface area (Å²) in [6.07, 6.45) is 1.19. The van der Waals surface area contributed by atoms with E-state index in [0.29, 0.717) is 31.8 Å². The van der Waals surface area contributed by atoms with Gasteiger partial charge in [-0.1, -0.05) is 6.07 Å². The molecule has 0 aliphatic heterocycles. The molecule has 20 heavy (non-hydrogen) atoms. The average molecular weight is 276 g/mol. The molecule has 0 aliphatic rings. The zero-order valence-electron chi connectivity index (χ0n) is 11.9. The highest BCUT2D eigenvalue weighted by atomic mass is 16.5. The molecule has 0 radical (unpaired) electrons. The van der Waals surface area contributed by atoms with Gasteiger partial charge in [0.25, 0.3) is 0 Å². The third kappa shape index (κ3) is 5.61. The van der Waals surface area contributed by atoms with Gasteiger partial charge in [0.1, 0.15) is 11.8 Å². The van der Waals surface area contributed by atoms with Gasteiger partial charge in [0.05, 0.1) is 19.3 Å². The number of rotatable bonds is 8. The lowest BCUT2D eigenvalue weighted by molar-refractivity contribution is -0.143. The molecular weight excluding hydrogens is 256 g/mol. The Morgan fingerprint density at radius 1 is 1.50 bits per heavy atom. The Balaban J connectivity index is 2.51. The smallest absolute Gasteiger partial charge is 0.328 e. The lowest BCUT2D eigenvalue weighted by Crippen LogP contribution is -2.28. The summed E-state index contributed by atoms with van der Waals surface area (Å²) < 4.78 is 10.5. The van der Waals surface area contributed by atoms with Crippen LogP contribution in [-0.2, 0) is 9.53 Å². The molecule has 5 nitrogen and oxygen atoms in total. The third-order valence-electron chi connectivity index (χ3n) is 2.56. The largest absolute Gasteiger partial charge is 0.493 e. The molecule has 0 fully saturated rings. The number of anilines is 1. The van der Waals surface area contributed by atoms with Crippen molar-refractivity contribution in [2.75, 3.05) is 18.5 Å². The second-order valence-electron chi connectivity index (χ2n) is 4.26. The number of nitrogens with one attached hydrogen (secondary N) is 1. The van der Waals surface area contributed by atoms with Crippen LogP contribution in [0.5, 0.6) is 5.75 Å². The van der Waals surface area contributed by atoms with E-state index in [1.54, 1.807) is 13.8 Å². The summed E-state index contributed by atoms with van der Waals surface area (Å²) in [4.78, 5) is 11.5. The molecule has 0 saturated heterocycles. The fraction of sp³-hybridized carbons (Fsp3) is 0.467. The molecule has 1 aromatic carbocycles. The molecule has 108 valence electrons. The Morgan fingerprint density at radius 3 is 3.00 bits per heavy atom. The molecule has 0 unspecified atom stereocenters. The van der Waals surface area contributed by atoms with Gasteiger partial charge in [-0.15, -0.1) is 0 Å². The van der Waals surface area contributed by atoms with Gasteiger partial charge in [0, 0.05) is 18.2 Å². The number of nitriles is 1. The highest BCUT2D eigenvalue weighted by Crippen LogP contribution is 2.18. The number of carbonyl (C=O) groups is 1. The molecule has 0 bridgehead atoms. The standard InChI is InChI=1S/C15H20N2O3/c1-3-19-15(18)12(2)17-13-7-6-8-14(11-13)20-10-5-4-9-16/h6-8,11-12,17H,3-5,10H2,1-2H3/t12-/m0/s1. The molecule has 0 aliphatic carbocycles. The summed E-state index contributed by atoms with van der Waals surface area (Å²) in [7, 11) is 0. The Bertz CT molecular complexity index is 468. The first-order valence-electron chi connectivity index (χ1n) is 6.70. The first kappa shape index (κ1) is 15.8. The van der Waals surface area contributed by atoms with Gasteiger partial charge in [-0.2, -0.15) is 5.26 Å². The van der Waals surface area contributed by atoms with E-state index in [2.05, 4.69) is 11.4 Å². The molecule has 0 saturated carbocycles. The minimum atomic E-state index is -0.413. The minimum Gasteiger partial charge on any atom is -0.493 e. The Morgan fingerprint density at radius 2 is 2.30 bits per heavy atom. The molecule has 1 aromatic rings. The maximum Gasteiger partial charge on any atom is 0.328 e. The topological polar surface area (TPSA) is 71.3 Å². The van der Waals surface area contributed by atoms with Gasteiger partial charge in [0.15, 0.2) is 0 Å². The summed E-state index contributed by atoms with van der Waals surface area (Å²) in [5, 5.41) is 11.5.